The Hall–Kier alpha value is -1.72. The Labute approximate surface area is 68.8 Å². The molecular weight excluding hydrogens is 160 g/mol. The Bertz CT molecular complexity index is 271. The molecule has 0 bridgehead atoms. The van der Waals surface area contributed by atoms with E-state index in [0.29, 0.717) is 6.61 Å². The van der Waals surface area contributed by atoms with Crippen LogP contribution in [0.4, 0.5) is 5.95 Å². The van der Waals surface area contributed by atoms with Crippen LogP contribution in [0.3, 0.4) is 0 Å². The van der Waals surface area contributed by atoms with Crippen LogP contribution in [0, 0.1) is 0 Å². The van der Waals surface area contributed by atoms with Crippen LogP contribution < -0.4 is 5.73 Å². The van der Waals surface area contributed by atoms with Crippen molar-refractivity contribution in [3.05, 3.63) is 11.9 Å². The molecule has 6 nitrogen and oxygen atoms in total. The summed E-state index contributed by atoms with van der Waals surface area (Å²) in [6.07, 6.45) is 1.22. The minimum atomic E-state index is -0.544. The second-order valence-electron chi connectivity index (χ2n) is 1.92. The second-order valence-corrected chi connectivity index (χ2v) is 1.92. The molecule has 0 saturated heterocycles. The second kappa shape index (κ2) is 3.61. The first-order valence-electron chi connectivity index (χ1n) is 3.36. The van der Waals surface area contributed by atoms with Gasteiger partial charge < -0.3 is 10.5 Å². The summed E-state index contributed by atoms with van der Waals surface area (Å²) < 4.78 is 4.65. The van der Waals surface area contributed by atoms with Gasteiger partial charge >= 0.3 is 5.97 Å². The molecule has 0 fully saturated rings. The average Bonchev–Trinajstić information content (AvgIpc) is 2.06. The molecule has 0 aliphatic rings. The van der Waals surface area contributed by atoms with Crippen molar-refractivity contribution in [1.82, 2.24) is 15.2 Å². The average molecular weight is 168 g/mol. The Balaban J connectivity index is 2.75. The van der Waals surface area contributed by atoms with E-state index in [2.05, 4.69) is 19.9 Å². The van der Waals surface area contributed by atoms with Gasteiger partial charge in [-0.25, -0.2) is 9.78 Å². The van der Waals surface area contributed by atoms with Crippen LogP contribution >= 0.6 is 0 Å². The summed E-state index contributed by atoms with van der Waals surface area (Å²) in [7, 11) is 0. The highest BCUT2D eigenvalue weighted by Crippen LogP contribution is 1.94. The van der Waals surface area contributed by atoms with E-state index in [4.69, 9.17) is 5.73 Å². The van der Waals surface area contributed by atoms with E-state index in [1.165, 1.54) is 6.20 Å². The van der Waals surface area contributed by atoms with Crippen molar-refractivity contribution < 1.29 is 9.53 Å². The molecule has 0 aromatic carbocycles. The largest absolute Gasteiger partial charge is 0.461 e. The molecule has 64 valence electrons. The normalized spacial score (nSPS) is 9.42. The number of nitrogens with zero attached hydrogens (tertiary/aromatic N) is 3. The van der Waals surface area contributed by atoms with Gasteiger partial charge in [-0.3, -0.25) is 0 Å². The van der Waals surface area contributed by atoms with E-state index < -0.39 is 5.97 Å². The number of nitrogen functional groups attached to an aromatic ring is 1. The summed E-state index contributed by atoms with van der Waals surface area (Å²) in [5.41, 5.74) is 5.23. The van der Waals surface area contributed by atoms with Crippen molar-refractivity contribution in [2.75, 3.05) is 12.3 Å². The third-order valence-corrected chi connectivity index (χ3v) is 1.06. The van der Waals surface area contributed by atoms with Crippen LogP contribution in [-0.2, 0) is 4.74 Å². The summed E-state index contributed by atoms with van der Waals surface area (Å²) in [6, 6.07) is 0. The maximum absolute atomic E-state index is 11.0. The number of carbonyl (C=O) groups is 1. The molecule has 0 unspecified atom stereocenters. The standard InChI is InChI=1S/C6H8N4O2/c1-2-12-5(11)4-3-8-6(7)10-9-4/h3H,2H2,1H3,(H2,7,8,10). The zero-order chi connectivity index (χ0) is 8.97. The van der Waals surface area contributed by atoms with E-state index in [1.54, 1.807) is 6.92 Å². The molecule has 2 N–H and O–H groups in total. The quantitative estimate of drug-likeness (QED) is 0.606. The molecule has 0 spiro atoms. The van der Waals surface area contributed by atoms with Gasteiger partial charge in [0.2, 0.25) is 5.95 Å². The summed E-state index contributed by atoms with van der Waals surface area (Å²) in [5, 5.41) is 6.88. The van der Waals surface area contributed by atoms with Gasteiger partial charge in [0.1, 0.15) is 0 Å². The topological polar surface area (TPSA) is 91.0 Å². The number of esters is 1. The van der Waals surface area contributed by atoms with E-state index >= 15 is 0 Å². The van der Waals surface area contributed by atoms with Crippen molar-refractivity contribution >= 4 is 11.9 Å². The first-order chi connectivity index (χ1) is 5.74. The molecule has 0 amide bonds. The Morgan fingerprint density at radius 2 is 2.42 bits per heavy atom. The number of ether oxygens (including phenoxy) is 1. The molecule has 0 radical (unpaired) electrons. The highest BCUT2D eigenvalue weighted by molar-refractivity contribution is 5.86. The molecule has 1 rings (SSSR count). The van der Waals surface area contributed by atoms with Crippen LogP contribution in [0.5, 0.6) is 0 Å². The summed E-state index contributed by atoms with van der Waals surface area (Å²) >= 11 is 0. The molecule has 1 heterocycles. The minimum Gasteiger partial charge on any atom is -0.461 e. The molecule has 0 atom stereocenters. The predicted molar refractivity (Wildman–Crippen MR) is 40.2 cm³/mol. The van der Waals surface area contributed by atoms with Crippen molar-refractivity contribution in [1.29, 1.82) is 0 Å². The van der Waals surface area contributed by atoms with Gasteiger partial charge in [0.25, 0.3) is 0 Å². The maximum Gasteiger partial charge on any atom is 0.360 e. The number of carbonyl (C=O) groups excluding carboxylic acids is 1. The van der Waals surface area contributed by atoms with Crippen molar-refractivity contribution in [3.8, 4) is 0 Å². The van der Waals surface area contributed by atoms with Crippen LogP contribution in [0.1, 0.15) is 17.4 Å². The van der Waals surface area contributed by atoms with Crippen molar-refractivity contribution in [3.63, 3.8) is 0 Å². The lowest BCUT2D eigenvalue weighted by Gasteiger charge is -1.98. The Kier molecular flexibility index (Phi) is 2.52. The summed E-state index contributed by atoms with van der Waals surface area (Å²) in [6.45, 7) is 2.00. The van der Waals surface area contributed by atoms with Gasteiger partial charge in [0.05, 0.1) is 12.8 Å². The van der Waals surface area contributed by atoms with Crippen molar-refractivity contribution in [2.24, 2.45) is 0 Å². The summed E-state index contributed by atoms with van der Waals surface area (Å²) in [4.78, 5) is 14.5. The fourth-order valence-corrected chi connectivity index (χ4v) is 0.583. The number of nitrogens with two attached hydrogens (primary N) is 1. The first-order valence-corrected chi connectivity index (χ1v) is 3.36. The van der Waals surface area contributed by atoms with E-state index in [9.17, 15) is 4.79 Å². The van der Waals surface area contributed by atoms with Crippen molar-refractivity contribution in [2.45, 2.75) is 6.92 Å². The zero-order valence-corrected chi connectivity index (χ0v) is 6.52. The van der Waals surface area contributed by atoms with E-state index in [1.807, 2.05) is 0 Å². The molecule has 0 aliphatic carbocycles. The number of hydrogen-bond donors (Lipinski definition) is 1. The van der Waals surface area contributed by atoms with Crippen LogP contribution in [0.2, 0.25) is 0 Å². The lowest BCUT2D eigenvalue weighted by atomic mass is 10.5. The van der Waals surface area contributed by atoms with Crippen LogP contribution in [0.25, 0.3) is 0 Å². The van der Waals surface area contributed by atoms with Gasteiger partial charge in [-0.05, 0) is 6.92 Å². The highest BCUT2D eigenvalue weighted by Gasteiger charge is 2.08. The van der Waals surface area contributed by atoms with E-state index in [-0.39, 0.29) is 11.6 Å². The zero-order valence-electron chi connectivity index (χ0n) is 6.52. The molecular formula is C6H8N4O2. The SMILES string of the molecule is CCOC(=O)c1cnc(N)nn1. The lowest BCUT2D eigenvalue weighted by molar-refractivity contribution is 0.0517. The number of rotatable bonds is 2. The number of anilines is 1. The monoisotopic (exact) mass is 168 g/mol. The van der Waals surface area contributed by atoms with Gasteiger partial charge in [-0.15, -0.1) is 10.2 Å². The van der Waals surface area contributed by atoms with Crippen LogP contribution in [-0.4, -0.2) is 27.8 Å². The Morgan fingerprint density at radius 3 is 2.92 bits per heavy atom. The first kappa shape index (κ1) is 8.38. The fourth-order valence-electron chi connectivity index (χ4n) is 0.583. The molecule has 1 aromatic rings. The smallest absolute Gasteiger partial charge is 0.360 e. The number of aromatic nitrogens is 3. The molecule has 12 heavy (non-hydrogen) atoms. The molecule has 6 heteroatoms. The predicted octanol–water partition coefficient (Wildman–Crippen LogP) is -0.370. The maximum atomic E-state index is 11.0. The number of hydrogen-bond acceptors (Lipinski definition) is 6. The molecule has 1 aromatic heterocycles. The van der Waals surface area contributed by atoms with Gasteiger partial charge in [0, 0.05) is 0 Å². The van der Waals surface area contributed by atoms with Gasteiger partial charge in [-0.2, -0.15) is 0 Å². The molecule has 0 saturated carbocycles. The third kappa shape index (κ3) is 1.88. The van der Waals surface area contributed by atoms with Crippen LogP contribution in [0.15, 0.2) is 6.20 Å². The minimum absolute atomic E-state index is 0.0306. The highest BCUT2D eigenvalue weighted by atomic mass is 16.5. The molecule has 0 aliphatic heterocycles. The van der Waals surface area contributed by atoms with E-state index in [0.717, 1.165) is 0 Å². The lowest BCUT2D eigenvalue weighted by Crippen LogP contribution is -2.09. The van der Waals surface area contributed by atoms with Gasteiger partial charge in [-0.1, -0.05) is 0 Å². The third-order valence-electron chi connectivity index (χ3n) is 1.06. The fraction of sp³-hybridized carbons (Fsp3) is 0.333. The Morgan fingerprint density at radius 1 is 1.67 bits per heavy atom. The van der Waals surface area contributed by atoms with Gasteiger partial charge in [0.15, 0.2) is 5.69 Å². The summed E-state index contributed by atoms with van der Waals surface area (Å²) in [5.74, 6) is -0.513.